The molecule has 1 aromatic carbocycles. The van der Waals surface area contributed by atoms with Crippen LogP contribution in [-0.4, -0.2) is 31.8 Å². The highest BCUT2D eigenvalue weighted by Crippen LogP contribution is 2.20. The number of hydrogen-bond acceptors (Lipinski definition) is 4. The van der Waals surface area contributed by atoms with Crippen LogP contribution < -0.4 is 5.32 Å². The van der Waals surface area contributed by atoms with E-state index in [1.165, 1.54) is 6.07 Å². The molecular weight excluding hydrogens is 256 g/mol. The van der Waals surface area contributed by atoms with Gasteiger partial charge in [-0.3, -0.25) is 4.79 Å². The molecule has 1 aliphatic heterocycles. The first kappa shape index (κ1) is 12.8. The third-order valence-corrected chi connectivity index (χ3v) is 2.78. The van der Waals surface area contributed by atoms with Gasteiger partial charge in [-0.2, -0.15) is 5.26 Å². The zero-order valence-electron chi connectivity index (χ0n) is 9.48. The van der Waals surface area contributed by atoms with Crippen LogP contribution in [0, 0.1) is 11.3 Å². The van der Waals surface area contributed by atoms with E-state index in [1.54, 1.807) is 12.1 Å². The monoisotopic (exact) mass is 266 g/mol. The van der Waals surface area contributed by atoms with Gasteiger partial charge in [-0.1, -0.05) is 11.6 Å². The fourth-order valence-corrected chi connectivity index (χ4v) is 1.77. The van der Waals surface area contributed by atoms with Crippen molar-refractivity contribution >= 4 is 23.2 Å². The molecular formula is C12H11ClN2O3. The summed E-state index contributed by atoms with van der Waals surface area (Å²) in [6.07, 6.45) is -0.604. The number of ether oxygens (including phenoxy) is 2. The fraction of sp³-hybridized carbons (Fsp3) is 0.333. The zero-order chi connectivity index (χ0) is 13.0. The molecule has 0 aliphatic carbocycles. The highest BCUT2D eigenvalue weighted by molar-refractivity contribution is 6.32. The van der Waals surface area contributed by atoms with E-state index in [1.807, 2.05) is 6.07 Å². The molecule has 0 saturated carbocycles. The molecule has 18 heavy (non-hydrogen) atoms. The lowest BCUT2D eigenvalue weighted by molar-refractivity contribution is -0.142. The molecule has 2 rings (SSSR count). The third-order valence-electron chi connectivity index (χ3n) is 2.47. The van der Waals surface area contributed by atoms with Gasteiger partial charge in [-0.25, -0.2) is 0 Å². The van der Waals surface area contributed by atoms with E-state index in [4.69, 9.17) is 26.3 Å². The summed E-state index contributed by atoms with van der Waals surface area (Å²) in [4.78, 5) is 11.8. The van der Waals surface area contributed by atoms with E-state index in [9.17, 15) is 4.79 Å². The molecule has 5 nitrogen and oxygen atoms in total. The van der Waals surface area contributed by atoms with Crippen LogP contribution in [0.3, 0.4) is 0 Å². The zero-order valence-corrected chi connectivity index (χ0v) is 10.2. The summed E-state index contributed by atoms with van der Waals surface area (Å²) >= 11 is 5.87. The lowest BCUT2D eigenvalue weighted by Gasteiger charge is -2.22. The van der Waals surface area contributed by atoms with E-state index in [-0.39, 0.29) is 12.5 Å². The van der Waals surface area contributed by atoms with Crippen molar-refractivity contribution in [2.75, 3.05) is 25.1 Å². The lowest BCUT2D eigenvalue weighted by atomic mass is 10.2. The molecule has 1 aliphatic rings. The van der Waals surface area contributed by atoms with Gasteiger partial charge < -0.3 is 14.8 Å². The highest BCUT2D eigenvalue weighted by atomic mass is 35.5. The Morgan fingerprint density at radius 2 is 2.33 bits per heavy atom. The smallest absolute Gasteiger partial charge is 0.255 e. The van der Waals surface area contributed by atoms with E-state index < -0.39 is 6.10 Å². The number of hydrogen-bond donors (Lipinski definition) is 1. The number of halogens is 1. The highest BCUT2D eigenvalue weighted by Gasteiger charge is 2.22. The quantitative estimate of drug-likeness (QED) is 0.882. The molecule has 0 spiro atoms. The number of rotatable bonds is 2. The molecule has 1 fully saturated rings. The molecule has 0 bridgehead atoms. The Kier molecular flexibility index (Phi) is 4.15. The van der Waals surface area contributed by atoms with Crippen molar-refractivity contribution in [3.63, 3.8) is 0 Å². The van der Waals surface area contributed by atoms with Gasteiger partial charge in [0.05, 0.1) is 30.4 Å². The van der Waals surface area contributed by atoms with Crippen molar-refractivity contribution in [3.05, 3.63) is 28.8 Å². The van der Waals surface area contributed by atoms with Gasteiger partial charge >= 0.3 is 0 Å². The van der Waals surface area contributed by atoms with Gasteiger partial charge in [0.25, 0.3) is 5.91 Å². The van der Waals surface area contributed by atoms with Gasteiger partial charge in [-0.05, 0) is 18.2 Å². The predicted molar refractivity (Wildman–Crippen MR) is 65.4 cm³/mol. The molecule has 1 aromatic rings. The summed E-state index contributed by atoms with van der Waals surface area (Å²) in [5.74, 6) is -0.282. The van der Waals surface area contributed by atoms with Crippen LogP contribution in [0.1, 0.15) is 5.56 Å². The Bertz CT molecular complexity index is 493. The van der Waals surface area contributed by atoms with E-state index in [0.29, 0.717) is 29.5 Å². The molecule has 6 heteroatoms. The second-order valence-corrected chi connectivity index (χ2v) is 4.14. The van der Waals surface area contributed by atoms with Gasteiger partial charge in [0.15, 0.2) is 6.10 Å². The fourth-order valence-electron chi connectivity index (χ4n) is 1.55. The SMILES string of the molecule is N#Cc1ccc(NC(=O)C2COCCO2)cc1Cl. The van der Waals surface area contributed by atoms with Crippen molar-refractivity contribution in [2.24, 2.45) is 0 Å². The van der Waals surface area contributed by atoms with Crippen LogP contribution in [0.4, 0.5) is 5.69 Å². The summed E-state index contributed by atoms with van der Waals surface area (Å²) in [5.41, 5.74) is 0.894. The minimum atomic E-state index is -0.604. The van der Waals surface area contributed by atoms with Gasteiger partial charge in [0.2, 0.25) is 0 Å². The topological polar surface area (TPSA) is 71.4 Å². The first-order valence-corrected chi connectivity index (χ1v) is 5.78. The molecule has 1 heterocycles. The van der Waals surface area contributed by atoms with Crippen LogP contribution in [0.25, 0.3) is 0 Å². The third kappa shape index (κ3) is 2.99. The van der Waals surface area contributed by atoms with Crippen LogP contribution in [0.5, 0.6) is 0 Å². The first-order chi connectivity index (χ1) is 8.70. The largest absolute Gasteiger partial charge is 0.376 e. The molecule has 94 valence electrons. The van der Waals surface area contributed by atoms with Crippen LogP contribution in [-0.2, 0) is 14.3 Å². The van der Waals surface area contributed by atoms with Crippen molar-refractivity contribution < 1.29 is 14.3 Å². The normalized spacial score (nSPS) is 19.0. The summed E-state index contributed by atoms with van der Waals surface area (Å²) in [6.45, 7) is 1.16. The number of amides is 1. The van der Waals surface area contributed by atoms with Crippen molar-refractivity contribution in [3.8, 4) is 6.07 Å². The predicted octanol–water partition coefficient (Wildman–Crippen LogP) is 1.57. The van der Waals surface area contributed by atoms with Crippen LogP contribution in [0.2, 0.25) is 5.02 Å². The molecule has 0 radical (unpaired) electrons. The number of carbonyl (C=O) groups excluding carboxylic acids is 1. The number of anilines is 1. The Hall–Kier alpha value is -1.61. The summed E-state index contributed by atoms with van der Waals surface area (Å²) in [7, 11) is 0. The maximum absolute atomic E-state index is 11.8. The second-order valence-electron chi connectivity index (χ2n) is 3.73. The molecule has 0 aromatic heterocycles. The standard InChI is InChI=1S/C12H11ClN2O3/c13-10-5-9(2-1-8(10)6-14)15-12(16)11-7-17-3-4-18-11/h1-2,5,11H,3-4,7H2,(H,15,16). The van der Waals surface area contributed by atoms with Crippen LogP contribution >= 0.6 is 11.6 Å². The number of nitriles is 1. The summed E-state index contributed by atoms with van der Waals surface area (Å²) in [5, 5.41) is 11.7. The molecule has 1 atom stereocenters. The summed E-state index contributed by atoms with van der Waals surface area (Å²) in [6, 6.07) is 6.65. The Labute approximate surface area is 109 Å². The minimum Gasteiger partial charge on any atom is -0.376 e. The lowest BCUT2D eigenvalue weighted by Crippen LogP contribution is -2.39. The van der Waals surface area contributed by atoms with E-state index >= 15 is 0 Å². The number of nitrogens with one attached hydrogen (secondary N) is 1. The maximum atomic E-state index is 11.8. The van der Waals surface area contributed by atoms with Crippen molar-refractivity contribution in [1.82, 2.24) is 0 Å². The molecule has 1 N–H and O–H groups in total. The van der Waals surface area contributed by atoms with E-state index in [2.05, 4.69) is 5.32 Å². The molecule has 1 saturated heterocycles. The average Bonchev–Trinajstić information content (AvgIpc) is 2.40. The number of benzene rings is 1. The van der Waals surface area contributed by atoms with Crippen LogP contribution in [0.15, 0.2) is 18.2 Å². The minimum absolute atomic E-state index is 0.246. The Balaban J connectivity index is 2.02. The van der Waals surface area contributed by atoms with Crippen molar-refractivity contribution in [1.29, 1.82) is 5.26 Å². The van der Waals surface area contributed by atoms with Gasteiger partial charge in [0, 0.05) is 5.69 Å². The first-order valence-electron chi connectivity index (χ1n) is 5.40. The second kappa shape index (κ2) is 5.83. The Morgan fingerprint density at radius 3 is 2.94 bits per heavy atom. The average molecular weight is 267 g/mol. The molecule has 1 amide bonds. The number of carbonyl (C=O) groups is 1. The van der Waals surface area contributed by atoms with Gasteiger partial charge in [-0.15, -0.1) is 0 Å². The van der Waals surface area contributed by atoms with Gasteiger partial charge in [0.1, 0.15) is 6.07 Å². The Morgan fingerprint density at radius 1 is 1.50 bits per heavy atom. The maximum Gasteiger partial charge on any atom is 0.255 e. The van der Waals surface area contributed by atoms with E-state index in [0.717, 1.165) is 0 Å². The number of nitrogens with zero attached hydrogens (tertiary/aromatic N) is 1. The summed E-state index contributed by atoms with van der Waals surface area (Å²) < 4.78 is 10.4. The van der Waals surface area contributed by atoms with Crippen molar-refractivity contribution in [2.45, 2.75) is 6.10 Å². The molecule has 1 unspecified atom stereocenters.